The van der Waals surface area contributed by atoms with Crippen molar-refractivity contribution in [2.45, 2.75) is 13.1 Å². The first kappa shape index (κ1) is 25.7. The molecule has 1 aliphatic rings. The van der Waals surface area contributed by atoms with E-state index in [0.29, 0.717) is 33.7 Å². The summed E-state index contributed by atoms with van der Waals surface area (Å²) in [6.45, 7) is 5.64. The zero-order valence-corrected chi connectivity index (χ0v) is 22.3. The third-order valence-corrected chi connectivity index (χ3v) is 7.61. The van der Waals surface area contributed by atoms with Gasteiger partial charge in [-0.2, -0.15) is 5.10 Å². The smallest absolute Gasteiger partial charge is 0.132 e. The molecule has 1 saturated heterocycles. The molecule has 3 N–H and O–H groups in total. The lowest BCUT2D eigenvalue weighted by Crippen LogP contribution is -2.43. The predicted molar refractivity (Wildman–Crippen MR) is 151 cm³/mol. The van der Waals surface area contributed by atoms with E-state index in [-0.39, 0.29) is 6.61 Å². The Hall–Kier alpha value is -2.94. The first-order valence-corrected chi connectivity index (χ1v) is 13.1. The van der Waals surface area contributed by atoms with Gasteiger partial charge in [0.1, 0.15) is 11.5 Å². The number of anilines is 1. The molecule has 0 atom stereocenters. The van der Waals surface area contributed by atoms with E-state index in [9.17, 15) is 5.11 Å². The van der Waals surface area contributed by atoms with Crippen LogP contribution in [0.15, 0.2) is 60.9 Å². The number of pyridine rings is 1. The summed E-state index contributed by atoms with van der Waals surface area (Å²) in [5.74, 6) is 0.365. The Morgan fingerprint density at radius 1 is 0.946 bits per heavy atom. The quantitative estimate of drug-likeness (QED) is 0.349. The molecule has 3 heterocycles. The van der Waals surface area contributed by atoms with Crippen LogP contribution in [0.2, 0.25) is 10.0 Å². The highest BCUT2D eigenvalue weighted by Gasteiger charge is 2.20. The summed E-state index contributed by atoms with van der Waals surface area (Å²) >= 11 is 12.9. The van der Waals surface area contributed by atoms with Gasteiger partial charge < -0.3 is 15.7 Å². The Bertz CT molecular complexity index is 1380. The summed E-state index contributed by atoms with van der Waals surface area (Å²) in [5, 5.41) is 15.1. The zero-order chi connectivity index (χ0) is 25.9. The molecule has 0 aliphatic carbocycles. The number of nitrogens with zero attached hydrogens (tertiary/aromatic N) is 5. The summed E-state index contributed by atoms with van der Waals surface area (Å²) in [7, 11) is 2.17. The summed E-state index contributed by atoms with van der Waals surface area (Å²) in [6.07, 6.45) is 3.63. The number of halogens is 2. The van der Waals surface area contributed by atoms with Crippen LogP contribution in [0.4, 0.5) is 5.82 Å². The van der Waals surface area contributed by atoms with Crippen molar-refractivity contribution in [3.63, 3.8) is 0 Å². The molecular weight excluding hydrogens is 507 g/mol. The fourth-order valence-electron chi connectivity index (χ4n) is 4.64. The Kier molecular flexibility index (Phi) is 7.79. The Morgan fingerprint density at radius 3 is 2.43 bits per heavy atom. The van der Waals surface area contributed by atoms with Gasteiger partial charge in [0.15, 0.2) is 0 Å². The van der Waals surface area contributed by atoms with Crippen LogP contribution in [-0.4, -0.2) is 69.5 Å². The van der Waals surface area contributed by atoms with Crippen molar-refractivity contribution in [3.8, 4) is 33.5 Å². The predicted octanol–water partition coefficient (Wildman–Crippen LogP) is 4.91. The molecule has 5 rings (SSSR count). The van der Waals surface area contributed by atoms with E-state index in [1.807, 2.05) is 24.4 Å². The van der Waals surface area contributed by atoms with Gasteiger partial charge in [0.2, 0.25) is 0 Å². The van der Waals surface area contributed by atoms with Crippen molar-refractivity contribution in [3.05, 3.63) is 76.5 Å². The number of benzene rings is 2. The minimum absolute atomic E-state index is 0.0436. The fraction of sp³-hybridized carbons (Fsp3) is 0.286. The SMILES string of the molecule is CN1CCN(Cc2ccc(-c3cnc(N)c(-c4nn(CCO)cc4-c4cccc(Cl)c4Cl)c3)cc2)CC1. The van der Waals surface area contributed by atoms with Crippen LogP contribution in [0.5, 0.6) is 0 Å². The molecule has 0 saturated carbocycles. The van der Waals surface area contributed by atoms with Crippen molar-refractivity contribution in [2.24, 2.45) is 0 Å². The first-order chi connectivity index (χ1) is 17.9. The molecule has 1 fully saturated rings. The summed E-state index contributed by atoms with van der Waals surface area (Å²) in [4.78, 5) is 9.35. The molecule has 0 unspecified atom stereocenters. The van der Waals surface area contributed by atoms with E-state index < -0.39 is 0 Å². The lowest BCUT2D eigenvalue weighted by Gasteiger charge is -2.32. The van der Waals surface area contributed by atoms with Gasteiger partial charge in [0.05, 0.1) is 23.2 Å². The van der Waals surface area contributed by atoms with Gasteiger partial charge in [-0.25, -0.2) is 4.98 Å². The van der Waals surface area contributed by atoms with Gasteiger partial charge in [-0.3, -0.25) is 9.58 Å². The molecular formula is C28H30Cl2N6O. The van der Waals surface area contributed by atoms with Crippen molar-refractivity contribution < 1.29 is 5.11 Å². The third-order valence-electron chi connectivity index (χ3n) is 6.80. The summed E-state index contributed by atoms with van der Waals surface area (Å²) in [5.41, 5.74) is 12.5. The molecule has 0 radical (unpaired) electrons. The van der Waals surface area contributed by atoms with Crippen LogP contribution in [0.1, 0.15) is 5.56 Å². The van der Waals surface area contributed by atoms with Crippen LogP contribution >= 0.6 is 23.2 Å². The lowest BCUT2D eigenvalue weighted by atomic mass is 9.99. The van der Waals surface area contributed by atoms with E-state index in [4.69, 9.17) is 34.0 Å². The van der Waals surface area contributed by atoms with Crippen LogP contribution in [-0.2, 0) is 13.1 Å². The molecule has 4 aromatic rings. The molecule has 37 heavy (non-hydrogen) atoms. The van der Waals surface area contributed by atoms with Gasteiger partial charge in [0.25, 0.3) is 0 Å². The van der Waals surface area contributed by atoms with Crippen molar-refractivity contribution in [1.29, 1.82) is 0 Å². The highest BCUT2D eigenvalue weighted by molar-refractivity contribution is 6.43. The number of rotatable bonds is 7. The first-order valence-electron chi connectivity index (χ1n) is 12.3. The molecule has 0 spiro atoms. The largest absolute Gasteiger partial charge is 0.394 e. The number of piperazine rings is 1. The Labute approximate surface area is 227 Å². The highest BCUT2D eigenvalue weighted by atomic mass is 35.5. The second-order valence-electron chi connectivity index (χ2n) is 9.41. The molecule has 2 aromatic carbocycles. The molecule has 9 heteroatoms. The monoisotopic (exact) mass is 536 g/mol. The van der Waals surface area contributed by atoms with Crippen LogP contribution < -0.4 is 5.73 Å². The molecule has 0 bridgehead atoms. The van der Waals surface area contributed by atoms with E-state index >= 15 is 0 Å². The highest BCUT2D eigenvalue weighted by Crippen LogP contribution is 2.40. The number of aromatic nitrogens is 3. The Morgan fingerprint density at radius 2 is 1.70 bits per heavy atom. The lowest BCUT2D eigenvalue weighted by molar-refractivity contribution is 0.148. The van der Waals surface area contributed by atoms with E-state index in [1.165, 1.54) is 5.56 Å². The van der Waals surface area contributed by atoms with Crippen molar-refractivity contribution in [1.82, 2.24) is 24.6 Å². The van der Waals surface area contributed by atoms with Crippen LogP contribution in [0, 0.1) is 0 Å². The second-order valence-corrected chi connectivity index (χ2v) is 10.2. The topological polar surface area (TPSA) is 83.4 Å². The average molecular weight is 537 g/mol. The van der Waals surface area contributed by atoms with Crippen molar-refractivity contribution in [2.75, 3.05) is 45.6 Å². The van der Waals surface area contributed by atoms with Gasteiger partial charge in [-0.1, -0.05) is 59.6 Å². The van der Waals surface area contributed by atoms with Crippen LogP contribution in [0.25, 0.3) is 33.5 Å². The van der Waals surface area contributed by atoms with E-state index in [2.05, 4.69) is 46.1 Å². The summed E-state index contributed by atoms with van der Waals surface area (Å²) < 4.78 is 1.68. The van der Waals surface area contributed by atoms with E-state index in [1.54, 1.807) is 16.9 Å². The molecule has 2 aromatic heterocycles. The van der Waals surface area contributed by atoms with Gasteiger partial charge in [0, 0.05) is 67.4 Å². The molecule has 0 amide bonds. The molecule has 1 aliphatic heterocycles. The number of hydrogen-bond acceptors (Lipinski definition) is 6. The number of likely N-dealkylation sites (N-methyl/N-ethyl adjacent to an activating group) is 1. The Balaban J connectivity index is 1.47. The molecule has 7 nitrogen and oxygen atoms in total. The molecule has 192 valence electrons. The third kappa shape index (κ3) is 5.66. The van der Waals surface area contributed by atoms with Crippen molar-refractivity contribution >= 4 is 29.0 Å². The number of aliphatic hydroxyl groups excluding tert-OH is 1. The summed E-state index contributed by atoms with van der Waals surface area (Å²) in [6, 6.07) is 16.1. The normalized spacial score (nSPS) is 14.8. The van der Waals surface area contributed by atoms with Gasteiger partial charge in [-0.15, -0.1) is 0 Å². The number of nitrogen functional groups attached to an aromatic ring is 1. The maximum absolute atomic E-state index is 9.49. The minimum atomic E-state index is -0.0436. The number of aliphatic hydroxyl groups is 1. The zero-order valence-electron chi connectivity index (χ0n) is 20.7. The second kappa shape index (κ2) is 11.2. The fourth-order valence-corrected chi connectivity index (χ4v) is 5.04. The minimum Gasteiger partial charge on any atom is -0.394 e. The number of nitrogens with two attached hydrogens (primary N) is 1. The maximum Gasteiger partial charge on any atom is 0.132 e. The number of hydrogen-bond donors (Lipinski definition) is 2. The van der Waals surface area contributed by atoms with Crippen LogP contribution in [0.3, 0.4) is 0 Å². The maximum atomic E-state index is 9.49. The van der Waals surface area contributed by atoms with Gasteiger partial charge in [-0.05, 0) is 30.3 Å². The van der Waals surface area contributed by atoms with Gasteiger partial charge >= 0.3 is 0 Å². The standard InChI is InChI=1S/C28H30Cl2N6O/c1-34-9-11-35(12-10-34)17-19-5-7-20(8-6-19)21-15-23(28(31)32-16-21)27-24(18-36(33-27)13-14-37)22-3-2-4-25(29)26(22)30/h2-8,15-16,18,37H,9-14,17H2,1H3,(H2,31,32). The van der Waals surface area contributed by atoms with E-state index in [0.717, 1.165) is 55.0 Å². The average Bonchev–Trinajstić information content (AvgIpc) is 3.31.